The molecule has 20 heavy (non-hydrogen) atoms. The minimum Gasteiger partial charge on any atom is -0.481 e. The molecule has 0 radical (unpaired) electrons. The number of carboxylic acid groups (broad SMARTS) is 1. The highest BCUT2D eigenvalue weighted by molar-refractivity contribution is 7.99. The molecule has 0 aromatic rings. The Morgan fingerprint density at radius 2 is 1.90 bits per heavy atom. The molecule has 1 amide bonds. The van der Waals surface area contributed by atoms with Gasteiger partial charge < -0.3 is 14.7 Å². The highest BCUT2D eigenvalue weighted by atomic mass is 32.2. The van der Waals surface area contributed by atoms with Gasteiger partial charge in [0.25, 0.3) is 0 Å². The van der Waals surface area contributed by atoms with Gasteiger partial charge in [0.1, 0.15) is 5.60 Å². The predicted octanol–water partition coefficient (Wildman–Crippen LogP) is 2.45. The number of carbonyl (C=O) groups is 2. The van der Waals surface area contributed by atoms with E-state index in [-0.39, 0.29) is 18.1 Å². The molecule has 1 atom stereocenters. The molecule has 114 valence electrons. The fourth-order valence-corrected chi connectivity index (χ4v) is 4.36. The molecular formula is C14H23NO4S. The van der Waals surface area contributed by atoms with Crippen molar-refractivity contribution in [2.75, 3.05) is 24.6 Å². The van der Waals surface area contributed by atoms with Gasteiger partial charge in [-0.15, -0.1) is 0 Å². The van der Waals surface area contributed by atoms with Gasteiger partial charge in [0.05, 0.1) is 5.92 Å². The van der Waals surface area contributed by atoms with Crippen LogP contribution in [0.2, 0.25) is 0 Å². The third-order valence-electron chi connectivity index (χ3n) is 4.09. The van der Waals surface area contributed by atoms with Crippen molar-refractivity contribution >= 4 is 23.8 Å². The molecule has 2 aliphatic heterocycles. The van der Waals surface area contributed by atoms with Crippen molar-refractivity contribution in [2.24, 2.45) is 11.3 Å². The van der Waals surface area contributed by atoms with Crippen molar-refractivity contribution in [2.45, 2.75) is 39.2 Å². The lowest BCUT2D eigenvalue weighted by Crippen LogP contribution is -2.39. The number of nitrogens with zero attached hydrogens (tertiary/aromatic N) is 1. The monoisotopic (exact) mass is 301 g/mol. The molecular weight excluding hydrogens is 278 g/mol. The summed E-state index contributed by atoms with van der Waals surface area (Å²) >= 11 is 1.86. The SMILES string of the molecule is CC(C)(C)OC(=O)N1CC(C(=O)O)C2(CCSCC2)C1. The highest BCUT2D eigenvalue weighted by Crippen LogP contribution is 2.46. The Hall–Kier alpha value is -0.910. The largest absolute Gasteiger partial charge is 0.481 e. The number of thioether (sulfide) groups is 1. The lowest BCUT2D eigenvalue weighted by atomic mass is 9.73. The molecule has 2 heterocycles. The van der Waals surface area contributed by atoms with Crippen LogP contribution < -0.4 is 0 Å². The van der Waals surface area contributed by atoms with E-state index in [4.69, 9.17) is 4.74 Å². The van der Waals surface area contributed by atoms with E-state index in [1.807, 2.05) is 32.5 Å². The van der Waals surface area contributed by atoms with Crippen molar-refractivity contribution < 1.29 is 19.4 Å². The van der Waals surface area contributed by atoms with Crippen LogP contribution in [0.25, 0.3) is 0 Å². The van der Waals surface area contributed by atoms with Crippen LogP contribution >= 0.6 is 11.8 Å². The van der Waals surface area contributed by atoms with Crippen molar-refractivity contribution in [3.8, 4) is 0 Å². The Labute approximate surface area is 124 Å². The second kappa shape index (κ2) is 5.47. The summed E-state index contributed by atoms with van der Waals surface area (Å²) in [5, 5.41) is 9.48. The number of carboxylic acids is 1. The summed E-state index contributed by atoms with van der Waals surface area (Å²) in [7, 11) is 0. The quantitative estimate of drug-likeness (QED) is 0.806. The van der Waals surface area contributed by atoms with Gasteiger partial charge in [0, 0.05) is 18.5 Å². The van der Waals surface area contributed by atoms with Gasteiger partial charge in [0.15, 0.2) is 0 Å². The number of hydrogen-bond acceptors (Lipinski definition) is 4. The molecule has 0 aromatic heterocycles. The molecule has 1 spiro atoms. The predicted molar refractivity (Wildman–Crippen MR) is 77.9 cm³/mol. The third kappa shape index (κ3) is 3.22. The molecule has 0 saturated carbocycles. The van der Waals surface area contributed by atoms with Crippen molar-refractivity contribution in [3.63, 3.8) is 0 Å². The summed E-state index contributed by atoms with van der Waals surface area (Å²) in [6.45, 7) is 6.25. The van der Waals surface area contributed by atoms with Gasteiger partial charge in [-0.25, -0.2) is 4.79 Å². The molecule has 1 unspecified atom stereocenters. The molecule has 2 fully saturated rings. The number of rotatable bonds is 1. The van der Waals surface area contributed by atoms with Crippen LogP contribution in [0.3, 0.4) is 0 Å². The van der Waals surface area contributed by atoms with Crippen LogP contribution in [0, 0.1) is 11.3 Å². The molecule has 2 aliphatic rings. The number of amides is 1. The third-order valence-corrected chi connectivity index (χ3v) is 5.07. The topological polar surface area (TPSA) is 66.8 Å². The van der Waals surface area contributed by atoms with Crippen LogP contribution in [0.15, 0.2) is 0 Å². The summed E-state index contributed by atoms with van der Waals surface area (Å²) in [4.78, 5) is 25.3. The Morgan fingerprint density at radius 1 is 1.30 bits per heavy atom. The fourth-order valence-electron chi connectivity index (χ4n) is 3.06. The standard InChI is InChI=1S/C14H23NO4S/c1-13(2,3)19-12(18)15-8-10(11(16)17)14(9-15)4-6-20-7-5-14/h10H,4-9H2,1-3H3,(H,16,17). The van der Waals surface area contributed by atoms with Crippen LogP contribution in [0.1, 0.15) is 33.6 Å². The van der Waals surface area contributed by atoms with E-state index in [1.165, 1.54) is 0 Å². The summed E-state index contributed by atoms with van der Waals surface area (Å²) in [6.07, 6.45) is 1.35. The molecule has 0 bridgehead atoms. The summed E-state index contributed by atoms with van der Waals surface area (Å²) < 4.78 is 5.37. The summed E-state index contributed by atoms with van der Waals surface area (Å²) in [5.41, 5.74) is -0.804. The molecule has 2 saturated heterocycles. The van der Waals surface area contributed by atoms with E-state index in [2.05, 4.69) is 0 Å². The first kappa shape index (κ1) is 15.5. The Morgan fingerprint density at radius 3 is 2.40 bits per heavy atom. The average Bonchev–Trinajstić information content (AvgIpc) is 2.67. The maximum absolute atomic E-state index is 12.2. The van der Waals surface area contributed by atoms with Crippen molar-refractivity contribution in [3.05, 3.63) is 0 Å². The zero-order valence-corrected chi connectivity index (χ0v) is 13.2. The number of carbonyl (C=O) groups excluding carboxylic acids is 1. The lowest BCUT2D eigenvalue weighted by Gasteiger charge is -2.35. The maximum Gasteiger partial charge on any atom is 0.410 e. The first-order valence-corrected chi connectivity index (χ1v) is 8.17. The first-order chi connectivity index (χ1) is 9.23. The van der Waals surface area contributed by atoms with Crippen LogP contribution in [0.4, 0.5) is 4.79 Å². The van der Waals surface area contributed by atoms with Gasteiger partial charge >= 0.3 is 12.1 Å². The Bertz CT molecular complexity index is 398. The van der Waals surface area contributed by atoms with Crippen LogP contribution in [-0.2, 0) is 9.53 Å². The second-order valence-electron chi connectivity index (χ2n) is 6.73. The Kier molecular flexibility index (Phi) is 4.23. The minimum atomic E-state index is -0.789. The van der Waals surface area contributed by atoms with Gasteiger partial charge in [-0.2, -0.15) is 11.8 Å². The number of likely N-dealkylation sites (tertiary alicyclic amines) is 1. The zero-order valence-electron chi connectivity index (χ0n) is 12.3. The second-order valence-corrected chi connectivity index (χ2v) is 7.95. The van der Waals surface area contributed by atoms with Gasteiger partial charge in [0.2, 0.25) is 0 Å². The zero-order chi connectivity index (χ0) is 15.0. The molecule has 2 rings (SSSR count). The fraction of sp³-hybridized carbons (Fsp3) is 0.857. The molecule has 0 aliphatic carbocycles. The highest BCUT2D eigenvalue weighted by Gasteiger charge is 2.52. The number of aliphatic carboxylic acids is 1. The van der Waals surface area contributed by atoms with Crippen LogP contribution in [0.5, 0.6) is 0 Å². The van der Waals surface area contributed by atoms with Gasteiger partial charge in [-0.1, -0.05) is 0 Å². The van der Waals surface area contributed by atoms with E-state index in [0.717, 1.165) is 24.3 Å². The number of ether oxygens (including phenoxy) is 1. The summed E-state index contributed by atoms with van der Waals surface area (Å²) in [6, 6.07) is 0. The molecule has 0 aromatic carbocycles. The van der Waals surface area contributed by atoms with Crippen LogP contribution in [-0.4, -0.2) is 52.3 Å². The van der Waals surface area contributed by atoms with E-state index < -0.39 is 17.5 Å². The molecule has 6 heteroatoms. The van der Waals surface area contributed by atoms with Crippen molar-refractivity contribution in [1.82, 2.24) is 4.90 Å². The van der Waals surface area contributed by atoms with E-state index in [0.29, 0.717) is 6.54 Å². The molecule has 1 N–H and O–H groups in total. The number of hydrogen-bond donors (Lipinski definition) is 1. The van der Waals surface area contributed by atoms with E-state index in [9.17, 15) is 14.7 Å². The normalized spacial score (nSPS) is 25.8. The average molecular weight is 301 g/mol. The maximum atomic E-state index is 12.2. The van der Waals surface area contributed by atoms with E-state index >= 15 is 0 Å². The summed E-state index contributed by atoms with van der Waals surface area (Å²) in [5.74, 6) is 0.705. The smallest absolute Gasteiger partial charge is 0.410 e. The van der Waals surface area contributed by atoms with Gasteiger partial charge in [-0.3, -0.25) is 4.79 Å². The Balaban J connectivity index is 2.12. The van der Waals surface area contributed by atoms with Gasteiger partial charge in [-0.05, 0) is 45.1 Å². The molecule has 5 nitrogen and oxygen atoms in total. The van der Waals surface area contributed by atoms with E-state index in [1.54, 1.807) is 4.90 Å². The van der Waals surface area contributed by atoms with Crippen molar-refractivity contribution in [1.29, 1.82) is 0 Å². The first-order valence-electron chi connectivity index (χ1n) is 7.02. The lowest BCUT2D eigenvalue weighted by molar-refractivity contribution is -0.144. The minimum absolute atomic E-state index is 0.256.